The van der Waals surface area contributed by atoms with Crippen LogP contribution in [0.3, 0.4) is 0 Å². The first-order valence-electron chi connectivity index (χ1n) is 3.53. The number of hydrogen-bond acceptors (Lipinski definition) is 2. The first-order valence-corrected chi connectivity index (χ1v) is 5.20. The molecule has 0 saturated heterocycles. The predicted molar refractivity (Wildman–Crippen MR) is 55.3 cm³/mol. The highest BCUT2D eigenvalue weighted by Crippen LogP contribution is 2.23. The number of halogens is 1. The van der Waals surface area contributed by atoms with E-state index in [1.165, 1.54) is 4.88 Å². The van der Waals surface area contributed by atoms with Gasteiger partial charge in [0.05, 0.1) is 10.6 Å². The Balaban J connectivity index is 2.48. The van der Waals surface area contributed by atoms with Crippen LogP contribution in [0.25, 0.3) is 10.6 Å². The minimum Gasteiger partial charge on any atom is -0.240 e. The third-order valence-electron chi connectivity index (χ3n) is 1.49. The smallest absolute Gasteiger partial charge is 0.106 e. The van der Waals surface area contributed by atoms with Gasteiger partial charge in [-0.05, 0) is 39.5 Å². The second-order valence-electron chi connectivity index (χ2n) is 2.32. The van der Waals surface area contributed by atoms with Crippen molar-refractivity contribution in [3.05, 3.63) is 40.3 Å². The molecule has 0 unspecified atom stereocenters. The molecule has 2 aromatic heterocycles. The van der Waals surface area contributed by atoms with Crippen LogP contribution >= 0.6 is 27.3 Å². The molecule has 0 saturated carbocycles. The third-order valence-corrected chi connectivity index (χ3v) is 2.82. The van der Waals surface area contributed by atoms with Crippen molar-refractivity contribution in [1.29, 1.82) is 0 Å². The quantitative estimate of drug-likeness (QED) is 0.694. The van der Waals surface area contributed by atoms with Gasteiger partial charge in [-0.15, -0.1) is 11.3 Å². The second-order valence-corrected chi connectivity index (χ2v) is 4.08. The fourth-order valence-corrected chi connectivity index (χ4v) is 2.01. The highest BCUT2D eigenvalue weighted by atomic mass is 79.9. The Morgan fingerprint density at radius 1 is 1.17 bits per heavy atom. The Morgan fingerprint density at radius 2 is 2.08 bits per heavy atom. The molecule has 0 radical (unpaired) electrons. The van der Waals surface area contributed by atoms with Gasteiger partial charge in [0, 0.05) is 0 Å². The molecule has 0 aliphatic rings. The van der Waals surface area contributed by atoms with Gasteiger partial charge in [0.1, 0.15) is 4.60 Å². The molecule has 60 valence electrons. The van der Waals surface area contributed by atoms with Crippen molar-refractivity contribution in [2.75, 3.05) is 0 Å². The number of hydrogen-bond donors (Lipinski definition) is 0. The van der Waals surface area contributed by atoms with Crippen LogP contribution in [0.5, 0.6) is 0 Å². The molecule has 0 fully saturated rings. The van der Waals surface area contributed by atoms with Gasteiger partial charge in [0.2, 0.25) is 0 Å². The number of aromatic nitrogens is 1. The maximum absolute atomic E-state index is 4.34. The minimum absolute atomic E-state index is 0.883. The standard InChI is InChI=1S/C9H6BrNS/c10-9-5-1-3-7(11-9)8-4-2-6-12-8/h1-6H. The molecule has 0 aromatic carbocycles. The molecular formula is C9H6BrNS. The summed E-state index contributed by atoms with van der Waals surface area (Å²) in [5.41, 5.74) is 1.03. The summed E-state index contributed by atoms with van der Waals surface area (Å²) in [6.45, 7) is 0. The van der Waals surface area contributed by atoms with Crippen molar-refractivity contribution >= 4 is 27.3 Å². The van der Waals surface area contributed by atoms with Crippen LogP contribution in [-0.2, 0) is 0 Å². The lowest BCUT2D eigenvalue weighted by Crippen LogP contribution is -1.78. The molecule has 12 heavy (non-hydrogen) atoms. The van der Waals surface area contributed by atoms with Crippen LogP contribution in [0.15, 0.2) is 40.3 Å². The lowest BCUT2D eigenvalue weighted by molar-refractivity contribution is 1.29. The molecule has 0 amide bonds. The average Bonchev–Trinajstić information content (AvgIpc) is 2.56. The summed E-state index contributed by atoms with van der Waals surface area (Å²) in [4.78, 5) is 5.55. The van der Waals surface area contributed by atoms with E-state index < -0.39 is 0 Å². The zero-order chi connectivity index (χ0) is 8.39. The Bertz CT molecular complexity index is 370. The average molecular weight is 240 g/mol. The van der Waals surface area contributed by atoms with Gasteiger partial charge in [0.25, 0.3) is 0 Å². The number of rotatable bonds is 1. The largest absolute Gasteiger partial charge is 0.240 e. The third kappa shape index (κ3) is 1.57. The zero-order valence-electron chi connectivity index (χ0n) is 6.20. The van der Waals surface area contributed by atoms with Crippen molar-refractivity contribution in [1.82, 2.24) is 4.98 Å². The van der Waals surface area contributed by atoms with Crippen molar-refractivity contribution in [2.45, 2.75) is 0 Å². The zero-order valence-corrected chi connectivity index (χ0v) is 8.60. The van der Waals surface area contributed by atoms with Gasteiger partial charge in [-0.25, -0.2) is 4.98 Å². The van der Waals surface area contributed by atoms with E-state index in [9.17, 15) is 0 Å². The fourth-order valence-electron chi connectivity index (χ4n) is 0.970. The van der Waals surface area contributed by atoms with E-state index in [4.69, 9.17) is 0 Å². The summed E-state index contributed by atoms with van der Waals surface area (Å²) in [5.74, 6) is 0. The summed E-state index contributed by atoms with van der Waals surface area (Å²) in [6.07, 6.45) is 0. The Hall–Kier alpha value is -0.670. The molecule has 0 bridgehead atoms. The van der Waals surface area contributed by atoms with Crippen molar-refractivity contribution < 1.29 is 0 Å². The molecule has 3 heteroatoms. The van der Waals surface area contributed by atoms with Crippen molar-refractivity contribution in [3.63, 3.8) is 0 Å². The summed E-state index contributed by atoms with van der Waals surface area (Å²) < 4.78 is 0.883. The molecular weight excluding hydrogens is 234 g/mol. The maximum atomic E-state index is 4.34. The first-order chi connectivity index (χ1) is 5.86. The van der Waals surface area contributed by atoms with E-state index in [0.29, 0.717) is 0 Å². The van der Waals surface area contributed by atoms with E-state index in [0.717, 1.165) is 10.3 Å². The Kier molecular flexibility index (Phi) is 2.23. The van der Waals surface area contributed by atoms with Gasteiger partial charge in [0.15, 0.2) is 0 Å². The van der Waals surface area contributed by atoms with Crippen molar-refractivity contribution in [2.24, 2.45) is 0 Å². The SMILES string of the molecule is Brc1cccc(-c2cccs2)n1. The highest BCUT2D eigenvalue weighted by molar-refractivity contribution is 9.10. The lowest BCUT2D eigenvalue weighted by Gasteiger charge is -1.95. The van der Waals surface area contributed by atoms with Crippen LogP contribution in [0.2, 0.25) is 0 Å². The lowest BCUT2D eigenvalue weighted by atomic mass is 10.3. The molecule has 2 heterocycles. The normalized spacial score (nSPS) is 10.1. The van der Waals surface area contributed by atoms with E-state index in [1.807, 2.05) is 24.3 Å². The molecule has 2 aromatic rings. The van der Waals surface area contributed by atoms with Crippen LogP contribution in [0.4, 0.5) is 0 Å². The van der Waals surface area contributed by atoms with Crippen LogP contribution in [0.1, 0.15) is 0 Å². The number of thiophene rings is 1. The molecule has 2 rings (SSSR count). The Labute approximate surface area is 83.2 Å². The summed E-state index contributed by atoms with van der Waals surface area (Å²) in [6, 6.07) is 10.0. The van der Waals surface area contributed by atoms with Crippen LogP contribution in [0, 0.1) is 0 Å². The van der Waals surface area contributed by atoms with E-state index in [1.54, 1.807) is 11.3 Å². The summed E-state index contributed by atoms with van der Waals surface area (Å²) in [5, 5.41) is 2.05. The number of pyridine rings is 1. The van der Waals surface area contributed by atoms with Gasteiger partial charge in [-0.3, -0.25) is 0 Å². The number of nitrogens with zero attached hydrogens (tertiary/aromatic N) is 1. The van der Waals surface area contributed by atoms with Crippen LogP contribution < -0.4 is 0 Å². The molecule has 0 aliphatic carbocycles. The van der Waals surface area contributed by atoms with E-state index >= 15 is 0 Å². The Morgan fingerprint density at radius 3 is 2.75 bits per heavy atom. The molecule has 0 aliphatic heterocycles. The molecule has 1 nitrogen and oxygen atoms in total. The molecule has 0 N–H and O–H groups in total. The van der Waals surface area contributed by atoms with E-state index in [-0.39, 0.29) is 0 Å². The second kappa shape index (κ2) is 3.37. The first kappa shape index (κ1) is 7.95. The summed E-state index contributed by atoms with van der Waals surface area (Å²) >= 11 is 5.04. The van der Waals surface area contributed by atoms with Crippen molar-refractivity contribution in [3.8, 4) is 10.6 Å². The van der Waals surface area contributed by atoms with Gasteiger partial charge in [-0.1, -0.05) is 12.1 Å². The predicted octanol–water partition coefficient (Wildman–Crippen LogP) is 3.57. The van der Waals surface area contributed by atoms with E-state index in [2.05, 4.69) is 32.4 Å². The summed E-state index contributed by atoms with van der Waals surface area (Å²) in [7, 11) is 0. The van der Waals surface area contributed by atoms with Crippen LogP contribution in [-0.4, -0.2) is 4.98 Å². The van der Waals surface area contributed by atoms with Gasteiger partial charge in [-0.2, -0.15) is 0 Å². The van der Waals surface area contributed by atoms with Gasteiger partial charge >= 0.3 is 0 Å². The highest BCUT2D eigenvalue weighted by Gasteiger charge is 1.98. The molecule has 0 atom stereocenters. The van der Waals surface area contributed by atoms with Gasteiger partial charge < -0.3 is 0 Å². The maximum Gasteiger partial charge on any atom is 0.106 e. The topological polar surface area (TPSA) is 12.9 Å². The molecule has 0 spiro atoms. The minimum atomic E-state index is 0.883. The monoisotopic (exact) mass is 239 g/mol. The fraction of sp³-hybridized carbons (Fsp3) is 0.